The molecule has 0 atom stereocenters. The molecule has 2 N–H and O–H groups in total. The van der Waals surface area contributed by atoms with E-state index in [1.54, 1.807) is 6.07 Å². The standard InChI is InChI=1S/C20H24ClN3O3/c21-17-3-1-15(2-4-17)13-16-7-9-23(10-8-16)11-12-27-18-5-6-19(22)20(14-18)24(25)26/h1-6,14,16H,7-13,22H2. The molecule has 2 aromatic carbocycles. The molecule has 144 valence electrons. The highest BCUT2D eigenvalue weighted by Gasteiger charge is 2.19. The normalized spacial score (nSPS) is 15.6. The molecule has 0 unspecified atom stereocenters. The number of piperidine rings is 1. The topological polar surface area (TPSA) is 81.6 Å². The molecule has 0 spiro atoms. The van der Waals surface area contributed by atoms with Crippen molar-refractivity contribution in [2.24, 2.45) is 5.92 Å². The van der Waals surface area contributed by atoms with Crippen LogP contribution in [-0.4, -0.2) is 36.1 Å². The highest BCUT2D eigenvalue weighted by molar-refractivity contribution is 6.30. The van der Waals surface area contributed by atoms with Gasteiger partial charge in [0, 0.05) is 11.6 Å². The van der Waals surface area contributed by atoms with E-state index in [2.05, 4.69) is 17.0 Å². The maximum Gasteiger partial charge on any atom is 0.295 e. The van der Waals surface area contributed by atoms with Crippen molar-refractivity contribution >= 4 is 23.0 Å². The molecule has 7 heteroatoms. The van der Waals surface area contributed by atoms with Crippen molar-refractivity contribution in [1.82, 2.24) is 4.90 Å². The van der Waals surface area contributed by atoms with Crippen LogP contribution in [0.5, 0.6) is 5.75 Å². The SMILES string of the molecule is Nc1ccc(OCCN2CCC(Cc3ccc(Cl)cc3)CC2)cc1[N+](=O)[O-]. The van der Waals surface area contributed by atoms with Crippen LogP contribution in [0.15, 0.2) is 42.5 Å². The van der Waals surface area contributed by atoms with Gasteiger partial charge in [-0.15, -0.1) is 0 Å². The molecule has 0 aromatic heterocycles. The lowest BCUT2D eigenvalue weighted by Crippen LogP contribution is -2.37. The van der Waals surface area contributed by atoms with Crippen LogP contribution < -0.4 is 10.5 Å². The van der Waals surface area contributed by atoms with Crippen molar-refractivity contribution in [2.45, 2.75) is 19.3 Å². The van der Waals surface area contributed by atoms with Gasteiger partial charge in [-0.3, -0.25) is 15.0 Å². The van der Waals surface area contributed by atoms with Crippen molar-refractivity contribution in [3.63, 3.8) is 0 Å². The van der Waals surface area contributed by atoms with Crippen molar-refractivity contribution in [3.8, 4) is 5.75 Å². The predicted molar refractivity (Wildman–Crippen MR) is 107 cm³/mol. The van der Waals surface area contributed by atoms with Crippen LogP contribution in [-0.2, 0) is 6.42 Å². The van der Waals surface area contributed by atoms with Gasteiger partial charge in [0.05, 0.1) is 11.0 Å². The van der Waals surface area contributed by atoms with Crippen LogP contribution in [0.3, 0.4) is 0 Å². The first-order valence-electron chi connectivity index (χ1n) is 9.15. The second-order valence-corrected chi connectivity index (χ2v) is 7.38. The Morgan fingerprint density at radius 1 is 1.19 bits per heavy atom. The molecule has 0 aliphatic carbocycles. The molecule has 27 heavy (non-hydrogen) atoms. The van der Waals surface area contributed by atoms with Gasteiger partial charge in [0.15, 0.2) is 0 Å². The van der Waals surface area contributed by atoms with Gasteiger partial charge in [0.2, 0.25) is 0 Å². The van der Waals surface area contributed by atoms with E-state index >= 15 is 0 Å². The number of anilines is 1. The van der Waals surface area contributed by atoms with E-state index in [4.69, 9.17) is 22.1 Å². The van der Waals surface area contributed by atoms with Gasteiger partial charge in [-0.25, -0.2) is 0 Å². The fourth-order valence-electron chi connectivity index (χ4n) is 3.43. The molecule has 0 saturated carbocycles. The smallest absolute Gasteiger partial charge is 0.295 e. The lowest BCUT2D eigenvalue weighted by Gasteiger charge is -2.31. The second-order valence-electron chi connectivity index (χ2n) is 6.94. The van der Waals surface area contributed by atoms with Gasteiger partial charge < -0.3 is 10.5 Å². The average Bonchev–Trinajstić information content (AvgIpc) is 2.66. The maximum absolute atomic E-state index is 10.9. The van der Waals surface area contributed by atoms with Crippen molar-refractivity contribution in [2.75, 3.05) is 32.0 Å². The Morgan fingerprint density at radius 3 is 2.56 bits per heavy atom. The van der Waals surface area contributed by atoms with Crippen LogP contribution in [0, 0.1) is 16.0 Å². The molecule has 1 fully saturated rings. The van der Waals surface area contributed by atoms with Gasteiger partial charge in [-0.1, -0.05) is 23.7 Å². The summed E-state index contributed by atoms with van der Waals surface area (Å²) >= 11 is 5.94. The molecule has 6 nitrogen and oxygen atoms in total. The third kappa shape index (κ3) is 5.58. The Kier molecular flexibility index (Phi) is 6.53. The minimum atomic E-state index is -0.492. The Hall–Kier alpha value is -2.31. The van der Waals surface area contributed by atoms with Crippen LogP contribution in [0.25, 0.3) is 0 Å². The third-order valence-electron chi connectivity index (χ3n) is 5.02. The number of hydrogen-bond acceptors (Lipinski definition) is 5. The minimum absolute atomic E-state index is 0.115. The van der Waals surface area contributed by atoms with E-state index in [0.717, 1.165) is 43.9 Å². The van der Waals surface area contributed by atoms with Crippen LogP contribution in [0.2, 0.25) is 5.02 Å². The monoisotopic (exact) mass is 389 g/mol. The highest BCUT2D eigenvalue weighted by atomic mass is 35.5. The summed E-state index contributed by atoms with van der Waals surface area (Å²) in [5, 5.41) is 11.7. The number of benzene rings is 2. The largest absolute Gasteiger partial charge is 0.492 e. The van der Waals surface area contributed by atoms with Crippen molar-refractivity contribution in [3.05, 3.63) is 63.2 Å². The molecular formula is C20H24ClN3O3. The van der Waals surface area contributed by atoms with E-state index in [1.807, 2.05) is 12.1 Å². The summed E-state index contributed by atoms with van der Waals surface area (Å²) in [5.74, 6) is 1.18. The molecule has 1 aliphatic heterocycles. The molecule has 0 bridgehead atoms. The highest BCUT2D eigenvalue weighted by Crippen LogP contribution is 2.27. The molecule has 0 radical (unpaired) electrons. The lowest BCUT2D eigenvalue weighted by atomic mass is 9.90. The summed E-state index contributed by atoms with van der Waals surface area (Å²) in [6.45, 7) is 3.40. The Bertz CT molecular complexity index is 775. The van der Waals surface area contributed by atoms with E-state index in [9.17, 15) is 10.1 Å². The summed E-state index contributed by atoms with van der Waals surface area (Å²) in [7, 11) is 0. The molecular weight excluding hydrogens is 366 g/mol. The number of nitro benzene ring substituents is 1. The quantitative estimate of drug-likeness (QED) is 0.436. The number of hydrogen-bond donors (Lipinski definition) is 1. The molecule has 0 amide bonds. The first kappa shape index (κ1) is 19.5. The zero-order chi connectivity index (χ0) is 19.2. The molecule has 1 saturated heterocycles. The van der Waals surface area contributed by atoms with Gasteiger partial charge in [-0.2, -0.15) is 0 Å². The number of ether oxygens (including phenoxy) is 1. The number of rotatable bonds is 7. The third-order valence-corrected chi connectivity index (χ3v) is 5.27. The zero-order valence-electron chi connectivity index (χ0n) is 15.1. The van der Waals surface area contributed by atoms with Gasteiger partial charge in [0.25, 0.3) is 5.69 Å². The molecule has 2 aromatic rings. The van der Waals surface area contributed by atoms with Crippen molar-refractivity contribution < 1.29 is 9.66 Å². The maximum atomic E-state index is 10.9. The Balaban J connectivity index is 1.40. The van der Waals surface area contributed by atoms with Crippen LogP contribution >= 0.6 is 11.6 Å². The average molecular weight is 390 g/mol. The van der Waals surface area contributed by atoms with Crippen LogP contribution in [0.1, 0.15) is 18.4 Å². The summed E-state index contributed by atoms with van der Waals surface area (Å²) in [4.78, 5) is 12.8. The zero-order valence-corrected chi connectivity index (χ0v) is 15.9. The number of nitrogens with zero attached hydrogens (tertiary/aromatic N) is 2. The second kappa shape index (κ2) is 9.06. The van der Waals surface area contributed by atoms with Crippen LogP contribution in [0.4, 0.5) is 11.4 Å². The molecule has 1 aliphatic rings. The number of likely N-dealkylation sites (tertiary alicyclic amines) is 1. The summed E-state index contributed by atoms with van der Waals surface area (Å²) in [6, 6.07) is 12.7. The fourth-order valence-corrected chi connectivity index (χ4v) is 3.56. The summed E-state index contributed by atoms with van der Waals surface area (Å²) in [5.41, 5.74) is 6.97. The first-order valence-corrected chi connectivity index (χ1v) is 9.52. The number of nitrogens with two attached hydrogens (primary N) is 1. The van der Waals surface area contributed by atoms with E-state index < -0.39 is 4.92 Å². The minimum Gasteiger partial charge on any atom is -0.492 e. The molecule has 1 heterocycles. The number of nitro groups is 1. The van der Waals surface area contributed by atoms with E-state index in [1.165, 1.54) is 17.7 Å². The fraction of sp³-hybridized carbons (Fsp3) is 0.400. The van der Waals surface area contributed by atoms with Crippen molar-refractivity contribution in [1.29, 1.82) is 0 Å². The molecule has 3 rings (SSSR count). The lowest BCUT2D eigenvalue weighted by molar-refractivity contribution is -0.384. The first-order chi connectivity index (χ1) is 13.0. The predicted octanol–water partition coefficient (Wildman–Crippen LogP) is 4.16. The Labute approximate surface area is 164 Å². The summed E-state index contributed by atoms with van der Waals surface area (Å²) in [6.07, 6.45) is 3.42. The van der Waals surface area contributed by atoms with E-state index in [0.29, 0.717) is 18.3 Å². The number of nitrogen functional groups attached to an aromatic ring is 1. The van der Waals surface area contributed by atoms with Gasteiger partial charge >= 0.3 is 0 Å². The summed E-state index contributed by atoms with van der Waals surface area (Å²) < 4.78 is 5.67. The van der Waals surface area contributed by atoms with Gasteiger partial charge in [-0.05, 0) is 68.1 Å². The van der Waals surface area contributed by atoms with E-state index in [-0.39, 0.29) is 11.4 Å². The Morgan fingerprint density at radius 2 is 1.89 bits per heavy atom. The van der Waals surface area contributed by atoms with Gasteiger partial charge in [0.1, 0.15) is 18.0 Å². The number of halogens is 1.